The van der Waals surface area contributed by atoms with Crippen LogP contribution in [0.5, 0.6) is 34.5 Å². The second-order valence-corrected chi connectivity index (χ2v) is 20.8. The Balaban J connectivity index is 0.00000676. The van der Waals surface area contributed by atoms with Crippen LogP contribution in [0.2, 0.25) is 0 Å². The molecular weight excluding hydrogens is 1160 g/mol. The normalized spacial score (nSPS) is 15.1. The van der Waals surface area contributed by atoms with Gasteiger partial charge in [-0.15, -0.1) is 48.1 Å². The average Bonchev–Trinajstić information content (AvgIpc) is 0.733. The van der Waals surface area contributed by atoms with Crippen molar-refractivity contribution in [3.63, 3.8) is 0 Å². The molecule has 6 heterocycles. The SMILES string of the molecule is [2H]c1c([2H])c([2H])c(-c2cccc(-c3c([2H])c([2H])c([2H])c([2H])c3[2H])c2N2[CH-]N(c3[c-]c(Oc4[c-]c5c(cc4)c4ccccc4n5-c4cc(C(C)(C)C)ccn4)ccc3)c3cc(N4c5cccc6c5B5c7c(cccc7Oc7cccc4c75)O6)ccc32)c([2H])c1[2H].[Pt]. The van der Waals surface area contributed by atoms with Crippen molar-refractivity contribution in [2.24, 2.45) is 0 Å². The summed E-state index contributed by atoms with van der Waals surface area (Å²) in [6.45, 7) is 8.09. The molecule has 386 valence electrons. The van der Waals surface area contributed by atoms with Gasteiger partial charge in [-0.05, 0) is 111 Å². The molecule has 10 heteroatoms. The number of hydrogen-bond donors (Lipinski definition) is 0. The predicted octanol–water partition coefficient (Wildman–Crippen LogP) is 16.1. The number of para-hydroxylation sites is 2. The smallest absolute Gasteiger partial charge is 0.266 e. The molecule has 8 nitrogen and oxygen atoms in total. The van der Waals surface area contributed by atoms with E-state index in [2.05, 4.69) is 72.7 Å². The van der Waals surface area contributed by atoms with E-state index in [0.717, 1.165) is 78.1 Å². The summed E-state index contributed by atoms with van der Waals surface area (Å²) in [6, 6.07) is 52.1. The summed E-state index contributed by atoms with van der Waals surface area (Å²) in [4.78, 5) is 10.7. The quantitative estimate of drug-likeness (QED) is 0.111. The molecule has 0 unspecified atom stereocenters. The number of hydrogen-bond acceptors (Lipinski definition) is 7. The molecule has 0 N–H and O–H groups in total. The van der Waals surface area contributed by atoms with Crippen molar-refractivity contribution in [3.05, 3.63) is 249 Å². The third-order valence-corrected chi connectivity index (χ3v) is 15.3. The second kappa shape index (κ2) is 18.4. The van der Waals surface area contributed by atoms with E-state index in [1.165, 1.54) is 0 Å². The molecule has 0 aliphatic carbocycles. The zero-order chi connectivity index (χ0) is 61.2. The van der Waals surface area contributed by atoms with E-state index in [1.54, 1.807) is 35.8 Å². The van der Waals surface area contributed by atoms with E-state index < -0.39 is 60.4 Å². The van der Waals surface area contributed by atoms with Crippen LogP contribution in [0.4, 0.5) is 39.8 Å². The third kappa shape index (κ3) is 7.44. The number of fused-ring (bicyclic) bond motifs is 4. The third-order valence-electron chi connectivity index (χ3n) is 15.3. The summed E-state index contributed by atoms with van der Waals surface area (Å²) < 4.78 is 112. The van der Waals surface area contributed by atoms with Crippen molar-refractivity contribution in [3.8, 4) is 62.6 Å². The van der Waals surface area contributed by atoms with Gasteiger partial charge in [0.25, 0.3) is 6.71 Å². The molecule has 0 radical (unpaired) electrons. The first kappa shape index (κ1) is 38.3. The van der Waals surface area contributed by atoms with Crippen LogP contribution in [-0.2, 0) is 26.5 Å². The van der Waals surface area contributed by atoms with Gasteiger partial charge in [0, 0.05) is 95.0 Å². The first-order chi connectivity index (χ1) is 42.9. The summed E-state index contributed by atoms with van der Waals surface area (Å²) in [6.07, 6.45) is 1.83. The maximum absolute atomic E-state index is 9.34. The van der Waals surface area contributed by atoms with Crippen LogP contribution in [0.3, 0.4) is 0 Å². The molecule has 4 aliphatic heterocycles. The number of aromatic nitrogens is 2. The van der Waals surface area contributed by atoms with Crippen molar-refractivity contribution < 1.29 is 49.0 Å². The summed E-state index contributed by atoms with van der Waals surface area (Å²) in [5, 5.41) is 1.99. The van der Waals surface area contributed by atoms with Gasteiger partial charge in [0.15, 0.2) is 0 Å². The van der Waals surface area contributed by atoms with Crippen LogP contribution >= 0.6 is 0 Å². The number of pyridine rings is 1. The van der Waals surface area contributed by atoms with Gasteiger partial charge < -0.3 is 33.5 Å². The first-order valence-corrected chi connectivity index (χ1v) is 26.0. The second-order valence-electron chi connectivity index (χ2n) is 20.8. The van der Waals surface area contributed by atoms with Crippen LogP contribution < -0.4 is 45.3 Å². The van der Waals surface area contributed by atoms with E-state index >= 15 is 0 Å². The minimum Gasteiger partial charge on any atom is -0.509 e. The van der Waals surface area contributed by atoms with Crippen molar-refractivity contribution >= 4 is 84.7 Å². The molecule has 0 atom stereocenters. The Labute approximate surface area is 493 Å². The van der Waals surface area contributed by atoms with E-state index in [0.29, 0.717) is 40.1 Å². The van der Waals surface area contributed by atoms with Crippen molar-refractivity contribution in [1.82, 2.24) is 9.55 Å². The van der Waals surface area contributed by atoms with Crippen LogP contribution in [-0.4, -0.2) is 16.3 Å². The Morgan fingerprint density at radius 1 is 0.562 bits per heavy atom. The maximum atomic E-state index is 9.34. The van der Waals surface area contributed by atoms with Crippen molar-refractivity contribution in [1.29, 1.82) is 0 Å². The Hall–Kier alpha value is -9.30. The van der Waals surface area contributed by atoms with E-state index in [4.69, 9.17) is 27.4 Å². The average molecular weight is 1220 g/mol. The van der Waals surface area contributed by atoms with Gasteiger partial charge >= 0.3 is 0 Å². The van der Waals surface area contributed by atoms with Gasteiger partial charge in [0.1, 0.15) is 28.8 Å². The predicted molar refractivity (Wildman–Crippen MR) is 320 cm³/mol. The Kier molecular flexibility index (Phi) is 8.81. The van der Waals surface area contributed by atoms with E-state index in [-0.39, 0.29) is 61.1 Å². The monoisotopic (exact) mass is 1220 g/mol. The van der Waals surface area contributed by atoms with Gasteiger partial charge in [-0.25, -0.2) is 4.98 Å². The fraction of sp³-hybridized carbons (Fsp3) is 0.0571. The van der Waals surface area contributed by atoms with Gasteiger partial charge in [-0.1, -0.05) is 141 Å². The van der Waals surface area contributed by atoms with Gasteiger partial charge in [0.05, 0.1) is 13.7 Å². The molecule has 12 aromatic rings. The standard InChI is InChI=1S/C70H47BN5O3.Pt/c1-70(2,3)46-37-38-72-65(39-46)76-55-26-11-10-23-53(55)54-35-34-50(42-59(54)76)77-49-22-12-21-47(40-49)73-43-74(69-51(44-17-6-4-7-18-44)24-13-25-52(69)45-19-8-5-9-20-45)56-36-33-48(41-60(56)73)75-57-27-14-29-61-66(57)71-67-58(75)28-15-30-62(67)79-64-32-16-31-63(78-61)68(64)71;/h4-39,41,43H,1-3H3;/q-3;/i4D,5D,6D,7D,8D,9D,17D,18D,19D,20D;. The molecule has 0 saturated carbocycles. The molecular formula is C70H47BN5O3Pt-3. The molecule has 0 spiro atoms. The molecule has 0 saturated heterocycles. The molecule has 2 aromatic heterocycles. The van der Waals surface area contributed by atoms with Gasteiger partial charge in [-0.2, -0.15) is 12.1 Å². The van der Waals surface area contributed by atoms with E-state index in [1.807, 2.05) is 114 Å². The van der Waals surface area contributed by atoms with Crippen LogP contribution in [0.15, 0.2) is 224 Å². The Morgan fingerprint density at radius 3 is 1.88 bits per heavy atom. The van der Waals surface area contributed by atoms with Gasteiger partial charge in [0.2, 0.25) is 0 Å². The number of rotatable bonds is 8. The number of nitrogens with zero attached hydrogens (tertiary/aromatic N) is 5. The van der Waals surface area contributed by atoms with Crippen LogP contribution in [0, 0.1) is 18.8 Å². The molecule has 4 aliphatic rings. The minimum absolute atomic E-state index is 0. The zero-order valence-electron chi connectivity index (χ0n) is 53.0. The molecule has 16 rings (SSSR count). The summed E-state index contributed by atoms with van der Waals surface area (Å²) in [5.41, 5.74) is 9.83. The van der Waals surface area contributed by atoms with Crippen LogP contribution in [0.25, 0.3) is 49.9 Å². The molecule has 0 fully saturated rings. The largest absolute Gasteiger partial charge is 0.509 e. The Bertz CT molecular complexity index is 4900. The topological polar surface area (TPSA) is 55.2 Å². The van der Waals surface area contributed by atoms with Crippen LogP contribution in [0.1, 0.15) is 40.0 Å². The van der Waals surface area contributed by atoms with Crippen molar-refractivity contribution in [2.45, 2.75) is 26.2 Å². The number of anilines is 7. The summed E-state index contributed by atoms with van der Waals surface area (Å²) >= 11 is 0. The fourth-order valence-corrected chi connectivity index (χ4v) is 11.8. The minimum atomic E-state index is -0.588. The van der Waals surface area contributed by atoms with Crippen molar-refractivity contribution in [2.75, 3.05) is 14.7 Å². The molecule has 0 bridgehead atoms. The summed E-state index contributed by atoms with van der Waals surface area (Å²) in [5.74, 6) is 4.38. The Morgan fingerprint density at radius 2 is 1.19 bits per heavy atom. The van der Waals surface area contributed by atoms with Gasteiger partial charge in [-0.3, -0.25) is 0 Å². The molecule has 0 amide bonds. The number of benzene rings is 10. The zero-order valence-corrected chi connectivity index (χ0v) is 45.3. The number of ether oxygens (including phenoxy) is 3. The first-order valence-electron chi connectivity index (χ1n) is 31.0. The maximum Gasteiger partial charge on any atom is 0.266 e. The molecule has 80 heavy (non-hydrogen) atoms. The fourth-order valence-electron chi connectivity index (χ4n) is 11.8. The van der Waals surface area contributed by atoms with E-state index in [9.17, 15) is 5.48 Å². The summed E-state index contributed by atoms with van der Waals surface area (Å²) in [7, 11) is 0. The molecule has 10 aromatic carbocycles.